The first kappa shape index (κ1) is 28.2. The van der Waals surface area contributed by atoms with Crippen molar-refractivity contribution in [1.82, 2.24) is 5.43 Å². The molecule has 0 spiro atoms. The summed E-state index contributed by atoms with van der Waals surface area (Å²) >= 11 is 4.97. The van der Waals surface area contributed by atoms with Gasteiger partial charge in [0.2, 0.25) is 0 Å². The third kappa shape index (κ3) is 5.95. The molecule has 0 aliphatic rings. The van der Waals surface area contributed by atoms with E-state index in [9.17, 15) is 47.9 Å². The third-order valence-electron chi connectivity index (χ3n) is 3.93. The van der Waals surface area contributed by atoms with Crippen molar-refractivity contribution in [3.63, 3.8) is 0 Å². The average Bonchev–Trinajstić information content (AvgIpc) is 2.74. The topological polar surface area (TPSA) is 79.8 Å². The molecule has 0 radical (unpaired) electrons. The molecule has 0 saturated heterocycles. The zero-order valence-electron chi connectivity index (χ0n) is 16.7. The van der Waals surface area contributed by atoms with E-state index in [0.29, 0.717) is 17.8 Å². The number of alkyl halides is 9. The molecule has 0 unspecified atom stereocenters. The van der Waals surface area contributed by atoms with E-state index in [1.165, 1.54) is 0 Å². The Balaban J connectivity index is 2.09. The first-order valence-electron chi connectivity index (χ1n) is 8.82. The Morgan fingerprint density at radius 3 is 1.91 bits per heavy atom. The van der Waals surface area contributed by atoms with Crippen LogP contribution in [0.2, 0.25) is 0 Å². The highest BCUT2D eigenvalue weighted by Gasteiger charge is 2.86. The lowest BCUT2D eigenvalue weighted by atomic mass is 10.1. The Bertz CT molecular complexity index is 1170. The number of halogens is 9. The van der Waals surface area contributed by atoms with Crippen LogP contribution >= 0.6 is 12.2 Å². The molecule has 0 heterocycles. The summed E-state index contributed by atoms with van der Waals surface area (Å²) in [6.07, 6.45) is -6.08. The molecular formula is C18H12F9N3O3S2. The van der Waals surface area contributed by atoms with Crippen LogP contribution in [0.5, 0.6) is 5.75 Å². The summed E-state index contributed by atoms with van der Waals surface area (Å²) in [4.78, 5) is 0. The maximum atomic E-state index is 13.7. The molecule has 192 valence electrons. The van der Waals surface area contributed by atoms with Crippen LogP contribution in [0.4, 0.5) is 45.2 Å². The predicted octanol–water partition coefficient (Wildman–Crippen LogP) is 5.14. The molecule has 0 saturated carbocycles. The van der Waals surface area contributed by atoms with Gasteiger partial charge >= 0.3 is 33.4 Å². The number of benzene rings is 2. The first-order valence-corrected chi connectivity index (χ1v) is 10.6. The van der Waals surface area contributed by atoms with Gasteiger partial charge in [-0.1, -0.05) is 18.2 Å². The molecule has 0 amide bonds. The first-order chi connectivity index (χ1) is 15.9. The van der Waals surface area contributed by atoms with Crippen molar-refractivity contribution >= 4 is 39.4 Å². The molecule has 0 aromatic heterocycles. The molecule has 0 atom stereocenters. The van der Waals surface area contributed by atoms with Crippen molar-refractivity contribution in [1.29, 1.82) is 0 Å². The normalized spacial score (nSPS) is 13.5. The van der Waals surface area contributed by atoms with Gasteiger partial charge < -0.3 is 9.50 Å². The summed E-state index contributed by atoms with van der Waals surface area (Å²) in [5.41, 5.74) is 3.21. The van der Waals surface area contributed by atoms with Crippen molar-refractivity contribution in [2.45, 2.75) is 23.3 Å². The fraction of sp³-hybridized carbons (Fsp3) is 0.222. The van der Waals surface area contributed by atoms with Gasteiger partial charge in [0, 0.05) is 5.69 Å². The number of nitrogens with zero attached hydrogens (tertiary/aromatic N) is 1. The summed E-state index contributed by atoms with van der Waals surface area (Å²) in [7, 11) is -7.02. The van der Waals surface area contributed by atoms with Gasteiger partial charge in [-0.2, -0.15) is 53.0 Å². The van der Waals surface area contributed by atoms with Crippen LogP contribution in [-0.2, 0) is 10.1 Å². The summed E-state index contributed by atoms with van der Waals surface area (Å²) in [5, 5.41) is -0.397. The lowest BCUT2D eigenvalue weighted by molar-refractivity contribution is -0.382. The Labute approximate surface area is 196 Å². The lowest BCUT2D eigenvalue weighted by Crippen LogP contribution is -2.63. The minimum atomic E-state index is -7.39. The Hall–Kier alpha value is -3.08. The van der Waals surface area contributed by atoms with E-state index in [0.717, 1.165) is 18.3 Å². The second-order valence-electron chi connectivity index (χ2n) is 6.46. The molecule has 2 aromatic carbocycles. The molecule has 0 aliphatic carbocycles. The van der Waals surface area contributed by atoms with Gasteiger partial charge in [0.15, 0.2) is 5.11 Å². The van der Waals surface area contributed by atoms with Crippen molar-refractivity contribution in [2.24, 2.45) is 5.10 Å². The lowest BCUT2D eigenvalue weighted by Gasteiger charge is -2.32. The van der Waals surface area contributed by atoms with Gasteiger partial charge in [-0.25, -0.2) is 0 Å². The zero-order chi connectivity index (χ0) is 26.7. The largest absolute Gasteiger partial charge is 0.460 e. The van der Waals surface area contributed by atoms with E-state index in [1.807, 2.05) is 0 Å². The molecule has 2 rings (SSSR count). The highest BCUT2D eigenvalue weighted by molar-refractivity contribution is 7.88. The van der Waals surface area contributed by atoms with Crippen LogP contribution in [0.15, 0.2) is 59.7 Å². The molecule has 2 aromatic rings. The minimum Gasteiger partial charge on any atom is -0.378 e. The van der Waals surface area contributed by atoms with Crippen LogP contribution in [0, 0.1) is 0 Å². The van der Waals surface area contributed by atoms with Gasteiger partial charge in [-0.3, -0.25) is 5.43 Å². The van der Waals surface area contributed by atoms with Gasteiger partial charge in [-0.15, -0.1) is 0 Å². The highest BCUT2D eigenvalue weighted by atomic mass is 32.2. The number of rotatable bonds is 8. The quantitative estimate of drug-likeness (QED) is 0.155. The monoisotopic (exact) mass is 553 g/mol. The maximum Gasteiger partial charge on any atom is 0.460 e. The Morgan fingerprint density at radius 1 is 0.857 bits per heavy atom. The van der Waals surface area contributed by atoms with E-state index in [1.54, 1.807) is 30.3 Å². The van der Waals surface area contributed by atoms with Crippen LogP contribution < -0.4 is 14.9 Å². The van der Waals surface area contributed by atoms with Crippen molar-refractivity contribution < 1.29 is 52.1 Å². The maximum absolute atomic E-state index is 13.7. The molecule has 35 heavy (non-hydrogen) atoms. The number of hydrazone groups is 1. The number of anilines is 1. The van der Waals surface area contributed by atoms with Gasteiger partial charge in [0.1, 0.15) is 5.75 Å². The Kier molecular flexibility index (Phi) is 7.95. The van der Waals surface area contributed by atoms with E-state index in [2.05, 4.69) is 20.0 Å². The molecule has 0 fully saturated rings. The predicted molar refractivity (Wildman–Crippen MR) is 110 cm³/mol. The summed E-state index contributed by atoms with van der Waals surface area (Å²) in [6, 6.07) is 11.9. The number of thiocarbonyl (C=S) groups is 1. The van der Waals surface area contributed by atoms with Crippen molar-refractivity contribution in [3.05, 3.63) is 60.2 Å². The number of nitrogens with one attached hydrogen (secondary N) is 2. The van der Waals surface area contributed by atoms with Gasteiger partial charge in [0.05, 0.1) is 6.21 Å². The Morgan fingerprint density at radius 2 is 1.40 bits per heavy atom. The summed E-state index contributed by atoms with van der Waals surface area (Å²) in [5.74, 6) is -15.9. The molecule has 2 N–H and O–H groups in total. The molecule has 17 heteroatoms. The third-order valence-corrected chi connectivity index (χ3v) is 5.42. The number of hydrogen-bond donors (Lipinski definition) is 2. The van der Waals surface area contributed by atoms with Crippen LogP contribution in [-0.4, -0.2) is 43.0 Å². The average molecular weight is 553 g/mol. The van der Waals surface area contributed by atoms with E-state index in [-0.39, 0.29) is 10.7 Å². The second-order valence-corrected chi connectivity index (χ2v) is 8.46. The second kappa shape index (κ2) is 9.88. The van der Waals surface area contributed by atoms with Crippen LogP contribution in [0.3, 0.4) is 0 Å². The molecular weight excluding hydrogens is 541 g/mol. The fourth-order valence-corrected chi connectivity index (χ4v) is 3.23. The zero-order valence-corrected chi connectivity index (χ0v) is 18.3. The number of para-hydroxylation sites is 1. The highest BCUT2D eigenvalue weighted by Crippen LogP contribution is 2.54. The summed E-state index contributed by atoms with van der Waals surface area (Å²) < 4.78 is 143. The molecule has 6 nitrogen and oxygen atoms in total. The van der Waals surface area contributed by atoms with Crippen molar-refractivity contribution in [3.8, 4) is 5.75 Å². The molecule has 0 aliphatic heterocycles. The minimum absolute atomic E-state index is 0.0670. The van der Waals surface area contributed by atoms with Gasteiger partial charge in [0.25, 0.3) is 0 Å². The van der Waals surface area contributed by atoms with E-state index >= 15 is 0 Å². The standard InChI is InChI=1S/C18H12F9N3O3S2/c19-15(20,17(23,24)25)16(21,22)18(26,27)35(31,32)33-13-8-6-11(7-9-13)10-28-30-14(34)29-12-4-2-1-3-5-12/h1-10H,(H2,29,30,34)/b28-10+. The smallest absolute Gasteiger partial charge is 0.378 e. The van der Waals surface area contributed by atoms with Gasteiger partial charge in [-0.05, 0) is 54.2 Å². The van der Waals surface area contributed by atoms with E-state index < -0.39 is 39.1 Å². The van der Waals surface area contributed by atoms with Crippen LogP contribution in [0.25, 0.3) is 0 Å². The number of hydrogen-bond acceptors (Lipinski definition) is 5. The van der Waals surface area contributed by atoms with Crippen LogP contribution in [0.1, 0.15) is 5.56 Å². The van der Waals surface area contributed by atoms with Crippen molar-refractivity contribution in [2.75, 3.05) is 5.32 Å². The molecule has 0 bridgehead atoms. The fourth-order valence-electron chi connectivity index (χ4n) is 2.15. The summed E-state index contributed by atoms with van der Waals surface area (Å²) in [6.45, 7) is 0. The van der Waals surface area contributed by atoms with E-state index in [4.69, 9.17) is 12.2 Å². The SMILES string of the molecule is O=S(=O)(Oc1ccc(/C=N/NC(=S)Nc2ccccc2)cc1)C(F)(F)C(F)(F)C(F)(F)C(F)(F)F.